The van der Waals surface area contributed by atoms with E-state index < -0.39 is 0 Å². The third kappa shape index (κ3) is 1.70. The number of fused-ring (bicyclic) bond motifs is 1. The molecule has 0 aliphatic heterocycles. The molecule has 0 fully saturated rings. The molecule has 0 amide bonds. The average Bonchev–Trinajstić information content (AvgIpc) is 2.67. The topological polar surface area (TPSA) is 47.3 Å². The molecule has 0 atom stereocenters. The Morgan fingerprint density at radius 3 is 3.29 bits per heavy atom. The van der Waals surface area contributed by atoms with Crippen LogP contribution in [-0.4, -0.2) is 25.2 Å². The molecule has 0 aliphatic rings. The molecule has 0 saturated carbocycles. The van der Waals surface area contributed by atoms with E-state index in [1.807, 2.05) is 19.2 Å². The SMILES string of the molecule is CNCCOc1nccc2occc12. The monoisotopic (exact) mass is 192 g/mol. The van der Waals surface area contributed by atoms with Gasteiger partial charge in [0.1, 0.15) is 12.2 Å². The van der Waals surface area contributed by atoms with Gasteiger partial charge in [-0.3, -0.25) is 0 Å². The van der Waals surface area contributed by atoms with Crippen LogP contribution >= 0.6 is 0 Å². The van der Waals surface area contributed by atoms with Crippen LogP contribution in [0.4, 0.5) is 0 Å². The smallest absolute Gasteiger partial charge is 0.224 e. The molecule has 14 heavy (non-hydrogen) atoms. The van der Waals surface area contributed by atoms with Crippen LogP contribution in [0.5, 0.6) is 5.88 Å². The highest BCUT2D eigenvalue weighted by molar-refractivity contribution is 5.81. The Morgan fingerprint density at radius 1 is 1.50 bits per heavy atom. The molecule has 0 spiro atoms. The second kappa shape index (κ2) is 4.11. The molecule has 0 unspecified atom stereocenters. The van der Waals surface area contributed by atoms with Gasteiger partial charge >= 0.3 is 0 Å². The molecule has 2 aromatic rings. The number of likely N-dealkylation sites (N-methyl/N-ethyl adjacent to an activating group) is 1. The van der Waals surface area contributed by atoms with Crippen molar-refractivity contribution in [3.63, 3.8) is 0 Å². The van der Waals surface area contributed by atoms with Crippen molar-refractivity contribution in [1.82, 2.24) is 10.3 Å². The summed E-state index contributed by atoms with van der Waals surface area (Å²) >= 11 is 0. The average molecular weight is 192 g/mol. The van der Waals surface area contributed by atoms with Crippen molar-refractivity contribution in [3.05, 3.63) is 24.6 Å². The molecular formula is C10H12N2O2. The summed E-state index contributed by atoms with van der Waals surface area (Å²) in [5.41, 5.74) is 0.805. The maximum Gasteiger partial charge on any atom is 0.224 e. The highest BCUT2D eigenvalue weighted by Crippen LogP contribution is 2.23. The summed E-state index contributed by atoms with van der Waals surface area (Å²) < 4.78 is 10.7. The lowest BCUT2D eigenvalue weighted by Crippen LogP contribution is -2.16. The summed E-state index contributed by atoms with van der Waals surface area (Å²) in [6, 6.07) is 3.68. The lowest BCUT2D eigenvalue weighted by molar-refractivity contribution is 0.310. The molecule has 74 valence electrons. The van der Waals surface area contributed by atoms with E-state index in [0.29, 0.717) is 12.5 Å². The molecule has 0 radical (unpaired) electrons. The van der Waals surface area contributed by atoms with E-state index in [0.717, 1.165) is 17.5 Å². The number of rotatable bonds is 4. The van der Waals surface area contributed by atoms with Gasteiger partial charge in [-0.1, -0.05) is 0 Å². The van der Waals surface area contributed by atoms with Crippen LogP contribution < -0.4 is 10.1 Å². The van der Waals surface area contributed by atoms with E-state index in [1.165, 1.54) is 0 Å². The third-order valence-electron chi connectivity index (χ3n) is 1.93. The van der Waals surface area contributed by atoms with Gasteiger partial charge in [-0.15, -0.1) is 0 Å². The molecule has 4 heteroatoms. The van der Waals surface area contributed by atoms with E-state index in [2.05, 4.69) is 10.3 Å². The molecular weight excluding hydrogens is 180 g/mol. The fourth-order valence-corrected chi connectivity index (χ4v) is 1.23. The maximum atomic E-state index is 5.48. The Bertz CT molecular complexity index is 411. The Hall–Kier alpha value is -1.55. The van der Waals surface area contributed by atoms with Gasteiger partial charge in [-0.25, -0.2) is 4.98 Å². The normalized spacial score (nSPS) is 10.6. The summed E-state index contributed by atoms with van der Waals surface area (Å²) in [6.07, 6.45) is 3.32. The second-order valence-corrected chi connectivity index (χ2v) is 2.90. The molecule has 2 rings (SSSR count). The maximum absolute atomic E-state index is 5.48. The zero-order valence-corrected chi connectivity index (χ0v) is 7.99. The zero-order valence-electron chi connectivity index (χ0n) is 7.99. The van der Waals surface area contributed by atoms with Crippen molar-refractivity contribution in [1.29, 1.82) is 0 Å². The first-order valence-electron chi connectivity index (χ1n) is 4.51. The van der Waals surface area contributed by atoms with Crippen LogP contribution in [0.2, 0.25) is 0 Å². The summed E-state index contributed by atoms with van der Waals surface area (Å²) in [5.74, 6) is 0.631. The number of ether oxygens (including phenoxy) is 1. The van der Waals surface area contributed by atoms with Gasteiger partial charge in [-0.2, -0.15) is 0 Å². The van der Waals surface area contributed by atoms with Crippen LogP contribution in [0.1, 0.15) is 0 Å². The standard InChI is InChI=1S/C10H12N2O2/c1-11-5-7-14-10-8-3-6-13-9(8)2-4-12-10/h2-4,6,11H,5,7H2,1H3. The zero-order chi connectivity index (χ0) is 9.80. The predicted molar refractivity (Wildman–Crippen MR) is 53.4 cm³/mol. The van der Waals surface area contributed by atoms with E-state index in [1.54, 1.807) is 12.5 Å². The van der Waals surface area contributed by atoms with E-state index in [-0.39, 0.29) is 0 Å². The molecule has 0 bridgehead atoms. The molecule has 2 aromatic heterocycles. The minimum Gasteiger partial charge on any atom is -0.476 e. The Labute approximate surface area is 81.9 Å². The van der Waals surface area contributed by atoms with Crippen LogP contribution in [-0.2, 0) is 0 Å². The number of hydrogen-bond donors (Lipinski definition) is 1. The van der Waals surface area contributed by atoms with Crippen LogP contribution in [0.25, 0.3) is 11.0 Å². The molecule has 0 saturated heterocycles. The van der Waals surface area contributed by atoms with Gasteiger partial charge in [0.25, 0.3) is 0 Å². The van der Waals surface area contributed by atoms with Crippen LogP contribution in [0.3, 0.4) is 0 Å². The summed E-state index contributed by atoms with van der Waals surface area (Å²) in [6.45, 7) is 1.41. The van der Waals surface area contributed by atoms with Crippen molar-refractivity contribution in [2.24, 2.45) is 0 Å². The van der Waals surface area contributed by atoms with Gasteiger partial charge in [0, 0.05) is 12.7 Å². The quantitative estimate of drug-likeness (QED) is 0.744. The van der Waals surface area contributed by atoms with Crippen LogP contribution in [0, 0.1) is 0 Å². The molecule has 0 aliphatic carbocycles. The van der Waals surface area contributed by atoms with Gasteiger partial charge in [0.2, 0.25) is 5.88 Å². The lowest BCUT2D eigenvalue weighted by Gasteiger charge is -2.04. The van der Waals surface area contributed by atoms with Gasteiger partial charge in [0.05, 0.1) is 11.6 Å². The minimum absolute atomic E-state index is 0.605. The molecule has 0 aromatic carbocycles. The van der Waals surface area contributed by atoms with E-state index in [4.69, 9.17) is 9.15 Å². The Morgan fingerprint density at radius 2 is 2.43 bits per heavy atom. The number of furan rings is 1. The van der Waals surface area contributed by atoms with Gasteiger partial charge in [0.15, 0.2) is 0 Å². The fourth-order valence-electron chi connectivity index (χ4n) is 1.23. The second-order valence-electron chi connectivity index (χ2n) is 2.90. The molecule has 1 N–H and O–H groups in total. The van der Waals surface area contributed by atoms with Crippen LogP contribution in [0.15, 0.2) is 29.0 Å². The predicted octanol–water partition coefficient (Wildman–Crippen LogP) is 1.43. The summed E-state index contributed by atoms with van der Waals surface area (Å²) in [4.78, 5) is 4.14. The van der Waals surface area contributed by atoms with Gasteiger partial charge in [-0.05, 0) is 19.2 Å². The highest BCUT2D eigenvalue weighted by Gasteiger charge is 2.04. The Balaban J connectivity index is 2.19. The van der Waals surface area contributed by atoms with Crippen molar-refractivity contribution in [2.45, 2.75) is 0 Å². The Kier molecular flexibility index (Phi) is 2.65. The largest absolute Gasteiger partial charge is 0.476 e. The summed E-state index contributed by atoms with van der Waals surface area (Å²) in [7, 11) is 1.88. The number of nitrogens with one attached hydrogen (secondary N) is 1. The number of aromatic nitrogens is 1. The minimum atomic E-state index is 0.605. The first kappa shape index (κ1) is 9.02. The van der Waals surface area contributed by atoms with E-state index in [9.17, 15) is 0 Å². The van der Waals surface area contributed by atoms with Crippen molar-refractivity contribution in [3.8, 4) is 5.88 Å². The number of pyridine rings is 1. The van der Waals surface area contributed by atoms with Gasteiger partial charge < -0.3 is 14.5 Å². The van der Waals surface area contributed by atoms with Crippen molar-refractivity contribution in [2.75, 3.05) is 20.2 Å². The fraction of sp³-hybridized carbons (Fsp3) is 0.300. The first-order valence-corrected chi connectivity index (χ1v) is 4.51. The lowest BCUT2D eigenvalue weighted by atomic mass is 10.3. The molecule has 4 nitrogen and oxygen atoms in total. The van der Waals surface area contributed by atoms with Crippen molar-refractivity contribution < 1.29 is 9.15 Å². The molecule has 2 heterocycles. The third-order valence-corrected chi connectivity index (χ3v) is 1.93. The highest BCUT2D eigenvalue weighted by atomic mass is 16.5. The number of nitrogens with zero attached hydrogens (tertiary/aromatic N) is 1. The number of hydrogen-bond acceptors (Lipinski definition) is 4. The van der Waals surface area contributed by atoms with Crippen molar-refractivity contribution >= 4 is 11.0 Å². The first-order chi connectivity index (χ1) is 6.92. The van der Waals surface area contributed by atoms with E-state index >= 15 is 0 Å². The summed E-state index contributed by atoms with van der Waals surface area (Å²) in [5, 5.41) is 3.92.